The van der Waals surface area contributed by atoms with Crippen LogP contribution in [0.25, 0.3) is 0 Å². The van der Waals surface area contributed by atoms with Gasteiger partial charge in [0.25, 0.3) is 0 Å². The van der Waals surface area contributed by atoms with E-state index in [0.717, 1.165) is 25.9 Å². The average molecular weight is 315 g/mol. The zero-order valence-corrected chi connectivity index (χ0v) is 12.7. The van der Waals surface area contributed by atoms with E-state index in [-0.39, 0.29) is 0 Å². The molecule has 0 bridgehead atoms. The number of hydrogen-bond donors (Lipinski definition) is 2. The van der Waals surface area contributed by atoms with Crippen LogP contribution in [0.3, 0.4) is 0 Å². The number of piperidine rings is 1. The number of aromatic nitrogens is 2. The molecule has 0 unspecified atom stereocenters. The molecule has 8 nitrogen and oxygen atoms in total. The Bertz CT molecular complexity index is 561. The summed E-state index contributed by atoms with van der Waals surface area (Å²) in [6.45, 7) is 3.60. The van der Waals surface area contributed by atoms with Gasteiger partial charge in [-0.15, -0.1) is 0 Å². The molecule has 0 spiro atoms. The van der Waals surface area contributed by atoms with Crippen molar-refractivity contribution < 1.29 is 13.2 Å². The van der Waals surface area contributed by atoms with Gasteiger partial charge in [0, 0.05) is 19.3 Å². The molecular formula is C12H21N5O3S. The average Bonchev–Trinajstić information content (AvgIpc) is 2.97. The fourth-order valence-electron chi connectivity index (χ4n) is 2.66. The first-order valence-electron chi connectivity index (χ1n) is 7.26. The third-order valence-corrected chi connectivity index (χ3v) is 5.38. The monoisotopic (exact) mass is 315 g/mol. The van der Waals surface area contributed by atoms with Gasteiger partial charge in [-0.2, -0.15) is 17.8 Å². The van der Waals surface area contributed by atoms with Crippen LogP contribution >= 0.6 is 0 Å². The van der Waals surface area contributed by atoms with Gasteiger partial charge in [0.2, 0.25) is 0 Å². The zero-order chi connectivity index (χ0) is 14.7. The van der Waals surface area contributed by atoms with Gasteiger partial charge in [-0.25, -0.2) is 0 Å². The second kappa shape index (κ2) is 6.30. The Morgan fingerprint density at radius 2 is 2.00 bits per heavy atom. The number of morpholine rings is 1. The summed E-state index contributed by atoms with van der Waals surface area (Å²) in [5.74, 6) is 0. The molecule has 0 amide bonds. The summed E-state index contributed by atoms with van der Waals surface area (Å²) in [6, 6.07) is 0.341. The number of anilines is 1. The molecule has 0 saturated carbocycles. The van der Waals surface area contributed by atoms with Crippen molar-refractivity contribution in [2.45, 2.75) is 18.9 Å². The standard InChI is InChI=1S/C12H21N5O3S/c18-21(19,16-5-7-20-8-6-16)15-11-9-14-17(10-11)12-1-3-13-4-2-12/h9-10,12-13,15H,1-8H2. The molecule has 2 aliphatic heterocycles. The van der Waals surface area contributed by atoms with Gasteiger partial charge in [0.1, 0.15) is 0 Å². The minimum Gasteiger partial charge on any atom is -0.379 e. The topological polar surface area (TPSA) is 88.5 Å². The van der Waals surface area contributed by atoms with Crippen molar-refractivity contribution in [1.82, 2.24) is 19.4 Å². The quantitative estimate of drug-likeness (QED) is 0.803. The molecule has 2 fully saturated rings. The van der Waals surface area contributed by atoms with Crippen LogP contribution in [0, 0.1) is 0 Å². The van der Waals surface area contributed by atoms with Crippen LogP contribution in [-0.4, -0.2) is 61.9 Å². The number of rotatable bonds is 4. The third kappa shape index (κ3) is 3.54. The predicted molar refractivity (Wildman–Crippen MR) is 78.3 cm³/mol. The normalized spacial score (nSPS) is 22.3. The molecule has 118 valence electrons. The van der Waals surface area contributed by atoms with Crippen molar-refractivity contribution in [2.24, 2.45) is 0 Å². The van der Waals surface area contributed by atoms with E-state index in [1.54, 1.807) is 12.4 Å². The number of nitrogens with zero attached hydrogens (tertiary/aromatic N) is 3. The lowest BCUT2D eigenvalue weighted by molar-refractivity contribution is 0.0733. The highest BCUT2D eigenvalue weighted by Crippen LogP contribution is 2.20. The molecule has 9 heteroatoms. The van der Waals surface area contributed by atoms with E-state index >= 15 is 0 Å². The fourth-order valence-corrected chi connectivity index (χ4v) is 3.82. The van der Waals surface area contributed by atoms with Crippen molar-refractivity contribution in [1.29, 1.82) is 0 Å². The van der Waals surface area contributed by atoms with E-state index in [1.807, 2.05) is 4.68 Å². The maximum absolute atomic E-state index is 12.3. The van der Waals surface area contributed by atoms with Gasteiger partial charge in [-0.1, -0.05) is 0 Å². The van der Waals surface area contributed by atoms with Crippen molar-refractivity contribution in [3.63, 3.8) is 0 Å². The molecule has 3 heterocycles. The maximum atomic E-state index is 12.3. The van der Waals surface area contributed by atoms with Gasteiger partial charge in [-0.05, 0) is 25.9 Å². The molecule has 2 aliphatic rings. The summed E-state index contributed by atoms with van der Waals surface area (Å²) in [5.41, 5.74) is 0.514. The summed E-state index contributed by atoms with van der Waals surface area (Å²) in [6.07, 6.45) is 5.36. The first-order chi connectivity index (χ1) is 10.1. The first-order valence-corrected chi connectivity index (χ1v) is 8.70. The van der Waals surface area contributed by atoms with Gasteiger partial charge in [0.05, 0.1) is 31.1 Å². The molecule has 21 heavy (non-hydrogen) atoms. The summed E-state index contributed by atoms with van der Waals surface area (Å²) >= 11 is 0. The predicted octanol–water partition coefficient (Wildman–Crippen LogP) is -0.203. The summed E-state index contributed by atoms with van der Waals surface area (Å²) in [7, 11) is -3.52. The zero-order valence-electron chi connectivity index (χ0n) is 11.9. The molecule has 0 atom stereocenters. The van der Waals surface area contributed by atoms with Crippen LogP contribution in [0.1, 0.15) is 18.9 Å². The lowest BCUT2D eigenvalue weighted by Gasteiger charge is -2.26. The summed E-state index contributed by atoms with van der Waals surface area (Å²) in [4.78, 5) is 0. The third-order valence-electron chi connectivity index (χ3n) is 3.84. The lowest BCUT2D eigenvalue weighted by atomic mass is 10.1. The van der Waals surface area contributed by atoms with Crippen molar-refractivity contribution >= 4 is 15.9 Å². The van der Waals surface area contributed by atoms with E-state index in [1.165, 1.54) is 4.31 Å². The van der Waals surface area contributed by atoms with Crippen LogP contribution < -0.4 is 10.0 Å². The SMILES string of the molecule is O=S(=O)(Nc1cnn(C2CCNCC2)c1)N1CCOCC1. The van der Waals surface area contributed by atoms with Gasteiger partial charge >= 0.3 is 10.2 Å². The van der Waals surface area contributed by atoms with Crippen LogP contribution in [0.2, 0.25) is 0 Å². The summed E-state index contributed by atoms with van der Waals surface area (Å²) in [5, 5.41) is 7.59. The van der Waals surface area contributed by atoms with Gasteiger partial charge in [-0.3, -0.25) is 9.40 Å². The fraction of sp³-hybridized carbons (Fsp3) is 0.750. The van der Waals surface area contributed by atoms with Crippen molar-refractivity contribution in [3.8, 4) is 0 Å². The Labute approximate surface area is 124 Å². The maximum Gasteiger partial charge on any atom is 0.301 e. The van der Waals surface area contributed by atoms with E-state index in [4.69, 9.17) is 4.74 Å². The number of nitrogens with one attached hydrogen (secondary N) is 2. The smallest absolute Gasteiger partial charge is 0.301 e. The second-order valence-electron chi connectivity index (χ2n) is 5.31. The lowest BCUT2D eigenvalue weighted by Crippen LogP contribution is -2.43. The van der Waals surface area contributed by atoms with Crippen LogP contribution in [0.15, 0.2) is 12.4 Å². The van der Waals surface area contributed by atoms with E-state index < -0.39 is 10.2 Å². The highest BCUT2D eigenvalue weighted by atomic mass is 32.2. The first kappa shape index (κ1) is 14.8. The largest absolute Gasteiger partial charge is 0.379 e. The molecule has 1 aromatic rings. The molecule has 3 rings (SSSR count). The van der Waals surface area contributed by atoms with Gasteiger partial charge in [0.15, 0.2) is 0 Å². The molecular weight excluding hydrogens is 294 g/mol. The Balaban J connectivity index is 1.65. The number of ether oxygens (including phenoxy) is 1. The van der Waals surface area contributed by atoms with Crippen LogP contribution in [0.4, 0.5) is 5.69 Å². The van der Waals surface area contributed by atoms with Gasteiger partial charge < -0.3 is 10.1 Å². The Kier molecular flexibility index (Phi) is 4.43. The minimum absolute atomic E-state index is 0.341. The Hall–Kier alpha value is -1.16. The van der Waals surface area contributed by atoms with Crippen LogP contribution in [0.5, 0.6) is 0 Å². The molecule has 2 N–H and O–H groups in total. The van der Waals surface area contributed by atoms with Crippen LogP contribution in [-0.2, 0) is 14.9 Å². The Morgan fingerprint density at radius 1 is 1.29 bits per heavy atom. The van der Waals surface area contributed by atoms with E-state index in [9.17, 15) is 8.42 Å². The highest BCUT2D eigenvalue weighted by Gasteiger charge is 2.25. The summed E-state index contributed by atoms with van der Waals surface area (Å²) < 4.78 is 35.5. The number of hydrogen-bond acceptors (Lipinski definition) is 5. The van der Waals surface area contributed by atoms with E-state index in [0.29, 0.717) is 38.0 Å². The molecule has 0 radical (unpaired) electrons. The van der Waals surface area contributed by atoms with Crippen molar-refractivity contribution in [3.05, 3.63) is 12.4 Å². The second-order valence-corrected chi connectivity index (χ2v) is 6.98. The van der Waals surface area contributed by atoms with Crippen molar-refractivity contribution in [2.75, 3.05) is 44.1 Å². The highest BCUT2D eigenvalue weighted by molar-refractivity contribution is 7.90. The Morgan fingerprint density at radius 3 is 2.71 bits per heavy atom. The molecule has 0 aliphatic carbocycles. The minimum atomic E-state index is -3.52. The molecule has 0 aromatic carbocycles. The molecule has 1 aromatic heterocycles. The van der Waals surface area contributed by atoms with E-state index in [2.05, 4.69) is 15.1 Å². The molecule has 2 saturated heterocycles.